The molecule has 0 aliphatic carbocycles. The van der Waals surface area contributed by atoms with Crippen molar-refractivity contribution < 1.29 is 44.4 Å². The summed E-state index contributed by atoms with van der Waals surface area (Å²) in [6.45, 7) is 0. The van der Waals surface area contributed by atoms with Crippen molar-refractivity contribution in [1.29, 1.82) is 0 Å². The van der Waals surface area contributed by atoms with Gasteiger partial charge in [-0.25, -0.2) is 4.79 Å². The third-order valence-electron chi connectivity index (χ3n) is 2.38. The Morgan fingerprint density at radius 3 is 1.22 bits per heavy atom. The van der Waals surface area contributed by atoms with E-state index in [9.17, 15) is 24.0 Å². The molecule has 2 amide bonds. The molecule has 0 rings (SSSR count). The Labute approximate surface area is 130 Å². The number of unbranched alkanes of at least 4 members (excludes halogenated alkanes) is 1. The van der Waals surface area contributed by atoms with Gasteiger partial charge in [0.15, 0.2) is 5.60 Å². The molecule has 8 N–H and O–H groups in total. The standard InChI is InChI=1S/C6H12N2O2.C6H8O7/c7-5(9)3-1-2-4-6(8)10;7-3(8)1-6(13,5(11)12)2-4(9)10/h1-4H2,(H2,7,9)(H2,8,10);13H,1-2H2,(H,7,8)(H,9,10)(H,11,12). The molecule has 0 aliphatic heterocycles. The van der Waals surface area contributed by atoms with Crippen molar-refractivity contribution in [3.05, 3.63) is 0 Å². The van der Waals surface area contributed by atoms with Gasteiger partial charge in [0.05, 0.1) is 12.8 Å². The molecule has 0 bridgehead atoms. The summed E-state index contributed by atoms with van der Waals surface area (Å²) in [7, 11) is 0. The average molecular weight is 336 g/mol. The van der Waals surface area contributed by atoms with Crippen LogP contribution in [0.15, 0.2) is 0 Å². The zero-order chi connectivity index (χ0) is 18.6. The number of carbonyl (C=O) groups is 5. The number of primary amides is 2. The van der Waals surface area contributed by atoms with Gasteiger partial charge in [0.2, 0.25) is 11.8 Å². The molecule has 0 unspecified atom stereocenters. The Morgan fingerprint density at radius 1 is 0.739 bits per heavy atom. The van der Waals surface area contributed by atoms with Crippen molar-refractivity contribution in [2.75, 3.05) is 0 Å². The van der Waals surface area contributed by atoms with Crippen molar-refractivity contribution in [2.24, 2.45) is 11.5 Å². The van der Waals surface area contributed by atoms with E-state index in [1.807, 2.05) is 0 Å². The molecule has 23 heavy (non-hydrogen) atoms. The maximum atomic E-state index is 10.3. The molecule has 0 aromatic rings. The normalized spacial score (nSPS) is 10.1. The van der Waals surface area contributed by atoms with Crippen LogP contribution < -0.4 is 11.5 Å². The summed E-state index contributed by atoms with van der Waals surface area (Å²) in [6, 6.07) is 0. The smallest absolute Gasteiger partial charge is 0.336 e. The lowest BCUT2D eigenvalue weighted by atomic mass is 9.96. The van der Waals surface area contributed by atoms with Gasteiger partial charge in [0.25, 0.3) is 0 Å². The van der Waals surface area contributed by atoms with Gasteiger partial charge in [0, 0.05) is 12.8 Å². The van der Waals surface area contributed by atoms with Gasteiger partial charge in [-0.2, -0.15) is 0 Å². The summed E-state index contributed by atoms with van der Waals surface area (Å²) >= 11 is 0. The molecular weight excluding hydrogens is 316 g/mol. The van der Waals surface area contributed by atoms with Gasteiger partial charge in [-0.05, 0) is 12.8 Å². The highest BCUT2D eigenvalue weighted by Gasteiger charge is 2.40. The van der Waals surface area contributed by atoms with E-state index < -0.39 is 36.4 Å². The van der Waals surface area contributed by atoms with Crippen molar-refractivity contribution in [1.82, 2.24) is 0 Å². The lowest BCUT2D eigenvalue weighted by Crippen LogP contribution is -2.42. The number of carbonyl (C=O) groups excluding carboxylic acids is 2. The molecule has 0 aliphatic rings. The first kappa shape index (κ1) is 22.6. The first-order valence-corrected chi connectivity index (χ1v) is 6.36. The molecule has 132 valence electrons. The molecule has 0 heterocycles. The van der Waals surface area contributed by atoms with E-state index >= 15 is 0 Å². The highest BCUT2D eigenvalue weighted by atomic mass is 16.4. The van der Waals surface area contributed by atoms with Gasteiger partial charge in [0.1, 0.15) is 0 Å². The number of carboxylic acid groups (broad SMARTS) is 3. The fourth-order valence-corrected chi connectivity index (χ4v) is 1.31. The second-order valence-electron chi connectivity index (χ2n) is 4.62. The van der Waals surface area contributed by atoms with Crippen LogP contribution in [0.3, 0.4) is 0 Å². The monoisotopic (exact) mass is 336 g/mol. The summed E-state index contributed by atoms with van der Waals surface area (Å²) in [5.74, 6) is -5.68. The number of carboxylic acids is 3. The van der Waals surface area contributed by atoms with Gasteiger partial charge < -0.3 is 31.9 Å². The Morgan fingerprint density at radius 2 is 1.04 bits per heavy atom. The molecule has 0 aromatic heterocycles. The molecule has 0 aromatic carbocycles. The number of rotatable bonds is 10. The third-order valence-corrected chi connectivity index (χ3v) is 2.38. The molecule has 11 nitrogen and oxygen atoms in total. The van der Waals surface area contributed by atoms with Crippen LogP contribution in [0.1, 0.15) is 38.5 Å². The van der Waals surface area contributed by atoms with Gasteiger partial charge >= 0.3 is 17.9 Å². The van der Waals surface area contributed by atoms with Crippen molar-refractivity contribution >= 4 is 29.7 Å². The molecule has 0 atom stereocenters. The average Bonchev–Trinajstić information content (AvgIpc) is 2.32. The maximum Gasteiger partial charge on any atom is 0.336 e. The molecule has 0 fully saturated rings. The highest BCUT2D eigenvalue weighted by Crippen LogP contribution is 2.15. The molecule has 0 spiro atoms. The van der Waals surface area contributed by atoms with E-state index in [0.717, 1.165) is 0 Å². The van der Waals surface area contributed by atoms with Crippen LogP contribution in [0.5, 0.6) is 0 Å². The minimum Gasteiger partial charge on any atom is -0.481 e. The van der Waals surface area contributed by atoms with E-state index in [0.29, 0.717) is 25.7 Å². The predicted octanol–water partition coefficient (Wildman–Crippen LogP) is -1.73. The van der Waals surface area contributed by atoms with E-state index in [2.05, 4.69) is 0 Å². The van der Waals surface area contributed by atoms with Crippen LogP contribution in [0.2, 0.25) is 0 Å². The maximum absolute atomic E-state index is 10.3. The molecule has 0 radical (unpaired) electrons. The number of amides is 2. The highest BCUT2D eigenvalue weighted by molar-refractivity contribution is 5.88. The van der Waals surface area contributed by atoms with Crippen LogP contribution in [0.4, 0.5) is 0 Å². The summed E-state index contributed by atoms with van der Waals surface area (Å²) in [4.78, 5) is 50.8. The number of aliphatic carboxylic acids is 3. The van der Waals surface area contributed by atoms with Crippen LogP contribution >= 0.6 is 0 Å². The molecule has 0 saturated carbocycles. The van der Waals surface area contributed by atoms with Gasteiger partial charge in [-0.15, -0.1) is 0 Å². The zero-order valence-corrected chi connectivity index (χ0v) is 12.2. The second-order valence-corrected chi connectivity index (χ2v) is 4.62. The zero-order valence-electron chi connectivity index (χ0n) is 12.2. The third kappa shape index (κ3) is 14.0. The SMILES string of the molecule is NC(=O)CCCCC(N)=O.O=C(O)CC(O)(CC(=O)O)C(=O)O. The number of nitrogens with two attached hydrogens (primary N) is 2. The molecule has 11 heteroatoms. The fourth-order valence-electron chi connectivity index (χ4n) is 1.31. The van der Waals surface area contributed by atoms with Gasteiger partial charge in [-0.3, -0.25) is 19.2 Å². The molecular formula is C12H20N2O9. The number of hydrogen-bond acceptors (Lipinski definition) is 6. The predicted molar refractivity (Wildman–Crippen MR) is 73.9 cm³/mol. The Hall–Kier alpha value is -2.69. The van der Waals surface area contributed by atoms with Crippen LogP contribution in [0, 0.1) is 0 Å². The first-order valence-electron chi connectivity index (χ1n) is 6.36. The van der Waals surface area contributed by atoms with Gasteiger partial charge in [-0.1, -0.05) is 0 Å². The van der Waals surface area contributed by atoms with E-state index in [4.69, 9.17) is 31.9 Å². The van der Waals surface area contributed by atoms with E-state index in [-0.39, 0.29) is 11.8 Å². The summed E-state index contributed by atoms with van der Waals surface area (Å²) in [5, 5.41) is 33.8. The Kier molecular flexibility index (Phi) is 10.8. The van der Waals surface area contributed by atoms with Crippen molar-refractivity contribution in [3.8, 4) is 0 Å². The first-order chi connectivity index (χ1) is 10.4. The van der Waals surface area contributed by atoms with E-state index in [1.54, 1.807) is 0 Å². The van der Waals surface area contributed by atoms with Crippen molar-refractivity contribution in [3.63, 3.8) is 0 Å². The Balaban J connectivity index is 0. The number of aliphatic hydroxyl groups is 1. The Bertz CT molecular complexity index is 429. The van der Waals surface area contributed by atoms with E-state index in [1.165, 1.54) is 0 Å². The van der Waals surface area contributed by atoms with Crippen LogP contribution in [-0.4, -0.2) is 55.7 Å². The minimum atomic E-state index is -2.74. The van der Waals surface area contributed by atoms with Crippen molar-refractivity contribution in [2.45, 2.75) is 44.1 Å². The minimum absolute atomic E-state index is 0.329. The molecule has 0 saturated heterocycles. The lowest BCUT2D eigenvalue weighted by molar-refractivity contribution is -0.170. The topological polar surface area (TPSA) is 218 Å². The summed E-state index contributed by atoms with van der Waals surface area (Å²) < 4.78 is 0. The second kappa shape index (κ2) is 11.0. The summed E-state index contributed by atoms with van der Waals surface area (Å²) in [6.07, 6.45) is -0.305. The quantitative estimate of drug-likeness (QED) is 0.249. The van der Waals surface area contributed by atoms with Crippen LogP contribution in [0.25, 0.3) is 0 Å². The summed E-state index contributed by atoms with van der Waals surface area (Å²) in [5.41, 5.74) is 6.97. The lowest BCUT2D eigenvalue weighted by Gasteiger charge is -2.18. The van der Waals surface area contributed by atoms with Crippen LogP contribution in [-0.2, 0) is 24.0 Å². The largest absolute Gasteiger partial charge is 0.481 e. The number of hydrogen-bond donors (Lipinski definition) is 6. The fraction of sp³-hybridized carbons (Fsp3) is 0.583.